The van der Waals surface area contributed by atoms with Gasteiger partial charge >= 0.3 is 240 Å². The Kier molecular flexibility index (Phi) is 33.7. The van der Waals surface area contributed by atoms with Gasteiger partial charge in [-0.05, 0) is 205 Å². The molecule has 2 heterocycles. The quantitative estimate of drug-likeness (QED) is 0.0818. The van der Waals surface area contributed by atoms with Crippen LogP contribution in [0.15, 0.2) is 170 Å². The normalized spacial score (nSPS) is 16.5. The van der Waals surface area contributed by atoms with Crippen LogP contribution >= 0.6 is 46.7 Å². The molecule has 570 valence electrons. The zero-order valence-electron chi connectivity index (χ0n) is 63.9. The molecule has 12 heteroatoms. The molecule has 2 saturated heterocycles. The Morgan fingerprint density at radius 1 is 0.349 bits per heavy atom. The first-order valence-electron chi connectivity index (χ1n) is 37.9. The van der Waals surface area contributed by atoms with Crippen LogP contribution < -0.4 is 19.6 Å². The van der Waals surface area contributed by atoms with Crippen LogP contribution in [0.3, 0.4) is 0 Å². The van der Waals surface area contributed by atoms with E-state index in [1.165, 1.54) is 158 Å². The van der Waals surface area contributed by atoms with Crippen molar-refractivity contribution >= 4 is 88.8 Å². The third kappa shape index (κ3) is 22.0. The number of fused-ring (bicyclic) bond motifs is 2. The first kappa shape index (κ1) is 86.1. The summed E-state index contributed by atoms with van der Waals surface area (Å²) in [7, 11) is 24.7. The fourth-order valence-electron chi connectivity index (χ4n) is 17.8. The molecule has 5 nitrogen and oxygen atoms in total. The van der Waals surface area contributed by atoms with Crippen molar-refractivity contribution in [3.8, 4) is 6.07 Å². The van der Waals surface area contributed by atoms with Gasteiger partial charge in [-0.25, -0.2) is 0 Å². The van der Waals surface area contributed by atoms with E-state index < -0.39 is 27.0 Å². The standard InChI is InChI=1S/2C21H27N2.C18H33P.2C15H10.C2H3N.2CH4.4ClH.2Ru/c2*1-14-9-16(3)20(17(4)10-14)22-7-8-23(13-22)21-18(5)11-15(2)12-19(21)6;1-4-10-16(11-5-1)19(17-12-6-2-7-13-17)18-14-8-3-9-15-18;2*1-2-6-12(7-3-1)15-11-10-13-8-4-5-9-14(13)15;1-2-3;;;;;;;;/h2*9-13H,7-8H2,1-6H3;16-18H,1-15H2;2*1-9,11H;1H3;2*1H4;4*1H;;/q2*-1;;;;;;;;;;;2*+2/p-3. The van der Waals surface area contributed by atoms with Gasteiger partial charge in [0.15, 0.2) is 0 Å². The number of allylic oxidation sites excluding steroid dienone is 2. The number of aryl methyl sites for hydroxylation is 12. The Morgan fingerprint density at radius 2 is 0.566 bits per heavy atom. The maximum absolute atomic E-state index is 7.32. The minimum absolute atomic E-state index is 0. The summed E-state index contributed by atoms with van der Waals surface area (Å²) in [5.41, 5.74) is 35.1. The van der Waals surface area contributed by atoms with Crippen molar-refractivity contribution < 1.29 is 27.0 Å². The molecule has 5 fully saturated rings. The molecule has 8 aromatic rings. The Hall–Kier alpha value is -5.49. The number of rotatable bonds is 9. The van der Waals surface area contributed by atoms with Gasteiger partial charge in [0.25, 0.3) is 0 Å². The van der Waals surface area contributed by atoms with E-state index in [1.54, 1.807) is 102 Å². The van der Waals surface area contributed by atoms with Crippen LogP contribution in [0, 0.1) is 108 Å². The maximum atomic E-state index is 7.32. The van der Waals surface area contributed by atoms with Crippen molar-refractivity contribution in [3.05, 3.63) is 283 Å². The molecule has 106 heavy (non-hydrogen) atoms. The monoisotopic (exact) mass is 1690 g/mol. The van der Waals surface area contributed by atoms with Crippen LogP contribution in [0.2, 0.25) is 0 Å². The van der Waals surface area contributed by atoms with E-state index >= 15 is 0 Å². The minimum atomic E-state index is -1.88. The molecule has 3 saturated carbocycles. The number of hydrogen-bond donors (Lipinski definition) is 0. The van der Waals surface area contributed by atoms with Crippen molar-refractivity contribution in [2.75, 3.05) is 45.8 Å². The number of hydrogen-bond acceptors (Lipinski definition) is 5. The first-order valence-corrected chi connectivity index (χ1v) is 50.3. The van der Waals surface area contributed by atoms with Crippen LogP contribution in [0.5, 0.6) is 0 Å². The zero-order chi connectivity index (χ0) is 74.1. The van der Waals surface area contributed by atoms with Crippen LogP contribution in [-0.4, -0.2) is 51.4 Å². The van der Waals surface area contributed by atoms with E-state index in [1.807, 2.05) is 48.5 Å². The fourth-order valence-corrected chi connectivity index (χ4v) is 28.0. The van der Waals surface area contributed by atoms with Gasteiger partial charge in [-0.2, -0.15) is 18.6 Å². The molecule has 2 aliphatic heterocycles. The molecule has 7 aliphatic rings. The Morgan fingerprint density at radius 3 is 0.792 bits per heavy atom. The van der Waals surface area contributed by atoms with E-state index in [2.05, 4.69) is 237 Å². The Labute approximate surface area is 668 Å². The third-order valence-electron chi connectivity index (χ3n) is 21.6. The molecule has 0 bridgehead atoms. The molecule has 15 rings (SSSR count). The average Bonchev–Trinajstić information content (AvgIpc) is 1.61. The molecular weight excluding hydrogens is 1570 g/mol. The topological polar surface area (TPSA) is 36.8 Å². The Bertz CT molecular complexity index is 3900. The second-order valence-electron chi connectivity index (χ2n) is 29.7. The predicted octanol–water partition coefficient (Wildman–Crippen LogP) is 27.1. The summed E-state index contributed by atoms with van der Waals surface area (Å²) in [6.45, 7) is 36.6. The third-order valence-corrected chi connectivity index (χ3v) is 32.4. The summed E-state index contributed by atoms with van der Waals surface area (Å²) < 4.78 is 2.25. The first-order chi connectivity index (χ1) is 50.1. The van der Waals surface area contributed by atoms with Gasteiger partial charge in [-0.3, -0.25) is 0 Å². The summed E-state index contributed by atoms with van der Waals surface area (Å²) in [5, 5.41) is 7.32. The number of anilines is 4. The van der Waals surface area contributed by atoms with Gasteiger partial charge in [0.2, 0.25) is 0 Å². The molecule has 0 unspecified atom stereocenters. The zero-order valence-corrected chi connectivity index (χ0v) is 71.4. The van der Waals surface area contributed by atoms with E-state index in [0.717, 1.165) is 34.4 Å². The van der Waals surface area contributed by atoms with Gasteiger partial charge in [0, 0.05) is 63.8 Å². The Balaban J connectivity index is 0.000000165. The predicted molar refractivity (Wildman–Crippen MR) is 466 cm³/mol. The van der Waals surface area contributed by atoms with E-state index in [4.69, 9.17) is 44.0 Å². The van der Waals surface area contributed by atoms with Crippen molar-refractivity contribution in [1.29, 1.82) is 5.26 Å². The molecule has 0 amide bonds. The summed E-state index contributed by atoms with van der Waals surface area (Å²) in [5.74, 6) is 0. The van der Waals surface area contributed by atoms with Crippen LogP contribution in [0.4, 0.5) is 22.7 Å². The van der Waals surface area contributed by atoms with Gasteiger partial charge in [-0.1, -0.05) is 105 Å². The van der Waals surface area contributed by atoms with Gasteiger partial charge in [0.05, 0.1) is 23.0 Å². The molecule has 5 aliphatic carbocycles. The van der Waals surface area contributed by atoms with Gasteiger partial charge in [0.1, 0.15) is 0 Å². The average molecular weight is 1690 g/mol. The summed E-state index contributed by atoms with van der Waals surface area (Å²) >= 11 is -3.76. The summed E-state index contributed by atoms with van der Waals surface area (Å²) in [6.07, 6.45) is 28.1. The van der Waals surface area contributed by atoms with Crippen molar-refractivity contribution in [2.24, 2.45) is 0 Å². The molecule has 0 radical (unpaired) electrons. The van der Waals surface area contributed by atoms with Crippen molar-refractivity contribution in [2.45, 2.75) is 218 Å². The molecule has 0 atom stereocenters. The van der Waals surface area contributed by atoms with E-state index in [-0.39, 0.29) is 22.8 Å². The van der Waals surface area contributed by atoms with Gasteiger partial charge in [-0.15, -0.1) is 0 Å². The van der Waals surface area contributed by atoms with Crippen LogP contribution in [-0.2, 0) is 27.0 Å². The van der Waals surface area contributed by atoms with Crippen molar-refractivity contribution in [3.63, 3.8) is 0 Å². The van der Waals surface area contributed by atoms with Crippen LogP contribution in [0.25, 0.3) is 11.1 Å². The second-order valence-corrected chi connectivity index (χ2v) is 44.8. The van der Waals surface area contributed by atoms with Crippen LogP contribution in [0.1, 0.15) is 218 Å². The molecule has 0 spiro atoms. The summed E-state index contributed by atoms with van der Waals surface area (Å²) in [4.78, 5) is 9.62. The molecule has 8 aromatic carbocycles. The number of nitriles is 1. The van der Waals surface area contributed by atoms with E-state index in [0.29, 0.717) is 0 Å². The van der Waals surface area contributed by atoms with E-state index in [9.17, 15) is 0 Å². The SMILES string of the molecule is C.C.C1CCC([PH+](C2CCCCC2)C2CCCCC2)CC1.CC#N.Cc1cc(C)c(N2[CH-]N(c3c(C)cc(C)cc3C)CC2)c(C)c1.Cc1cc(C)c(N2[CH-]N(c3c(C)cc(C)cc3C)CC2)c(C)c1.[Cl][Ru]([Cl])=[C]1C=C(c2ccccc2)c2ccccc21.[Cl][Ru]([Cl])=[C]1C=C(c2ccccc2)c2ccccc21. The summed E-state index contributed by atoms with van der Waals surface area (Å²) in [6, 6.07) is 57.3. The number of halogens is 4. The molecule has 0 N–H and O–H groups in total. The molecule has 0 aromatic heterocycles. The number of nitrogens with zero attached hydrogens (tertiary/aromatic N) is 5. The fraction of sp³-hybridized carbons (Fsp3) is 0.394. The second kappa shape index (κ2) is 41.5. The number of benzene rings is 8. The van der Waals surface area contributed by atoms with Gasteiger partial charge < -0.3 is 19.6 Å². The van der Waals surface area contributed by atoms with Crippen molar-refractivity contribution in [1.82, 2.24) is 0 Å². The molecular formula is C94H119Cl4N5PRu2-.